The van der Waals surface area contributed by atoms with Crippen LogP contribution in [0.2, 0.25) is 0 Å². The summed E-state index contributed by atoms with van der Waals surface area (Å²) in [5.74, 6) is 3.00. The maximum Gasteiger partial charge on any atom is 0.230 e. The van der Waals surface area contributed by atoms with Crippen LogP contribution in [0.1, 0.15) is 44.3 Å². The molecule has 0 aromatic carbocycles. The van der Waals surface area contributed by atoms with Gasteiger partial charge in [-0.15, -0.1) is 11.3 Å². The number of anilines is 1. The zero-order chi connectivity index (χ0) is 17.7. The molecule has 1 atom stereocenters. The number of aryl methyl sites for hydroxylation is 1. The van der Waals surface area contributed by atoms with Gasteiger partial charge in [0.25, 0.3) is 0 Å². The number of carbonyl (C=O) groups is 1. The lowest BCUT2D eigenvalue weighted by Crippen LogP contribution is -2.51. The standard InChI is InChI=1S/C20H26N4OS/c1-14-21-17(16-6-11-26-18(16)22-14)24-10-8-20(13-24)7-3-9-23(19(20)25)12-15-4-2-5-15/h6,11,15H,2-5,7-10,12-13H2,1H3/t20-/m1/s1. The van der Waals surface area contributed by atoms with E-state index in [4.69, 9.17) is 4.98 Å². The maximum atomic E-state index is 13.4. The summed E-state index contributed by atoms with van der Waals surface area (Å²) in [6, 6.07) is 2.12. The third kappa shape index (κ3) is 2.61. The van der Waals surface area contributed by atoms with Gasteiger partial charge in [0.05, 0.1) is 10.8 Å². The first-order valence-corrected chi connectivity index (χ1v) is 10.8. The van der Waals surface area contributed by atoms with Crippen LogP contribution in [0.3, 0.4) is 0 Å². The predicted octanol–water partition coefficient (Wildman–Crippen LogP) is 3.62. The third-order valence-electron chi connectivity index (χ3n) is 6.60. The highest BCUT2D eigenvalue weighted by Crippen LogP contribution is 2.43. The summed E-state index contributed by atoms with van der Waals surface area (Å²) in [6.07, 6.45) is 7.08. The number of aromatic nitrogens is 2. The van der Waals surface area contributed by atoms with Gasteiger partial charge in [-0.2, -0.15) is 0 Å². The summed E-state index contributed by atoms with van der Waals surface area (Å²) in [4.78, 5) is 28.2. The molecule has 2 aliphatic heterocycles. The van der Waals surface area contributed by atoms with Crippen LogP contribution in [-0.4, -0.2) is 47.0 Å². The number of piperidine rings is 1. The van der Waals surface area contributed by atoms with Crippen LogP contribution in [0.25, 0.3) is 10.2 Å². The number of hydrogen-bond acceptors (Lipinski definition) is 5. The van der Waals surface area contributed by atoms with Gasteiger partial charge >= 0.3 is 0 Å². The molecule has 0 unspecified atom stereocenters. The Morgan fingerprint density at radius 2 is 2.12 bits per heavy atom. The van der Waals surface area contributed by atoms with Crippen LogP contribution in [0.4, 0.5) is 5.82 Å². The molecule has 1 saturated carbocycles. The second-order valence-electron chi connectivity index (χ2n) is 8.34. The van der Waals surface area contributed by atoms with E-state index in [0.717, 1.165) is 73.2 Å². The summed E-state index contributed by atoms with van der Waals surface area (Å²) in [5.41, 5.74) is -0.191. The van der Waals surface area contributed by atoms with E-state index in [-0.39, 0.29) is 5.41 Å². The van der Waals surface area contributed by atoms with Crippen LogP contribution in [-0.2, 0) is 4.79 Å². The highest BCUT2D eigenvalue weighted by atomic mass is 32.1. The van der Waals surface area contributed by atoms with Crippen molar-refractivity contribution in [1.29, 1.82) is 0 Å². The number of likely N-dealkylation sites (tertiary alicyclic amines) is 1. The molecular formula is C20H26N4OS. The van der Waals surface area contributed by atoms with E-state index in [2.05, 4.69) is 26.2 Å². The highest BCUT2D eigenvalue weighted by Gasteiger charge is 2.49. The third-order valence-corrected chi connectivity index (χ3v) is 7.40. The van der Waals surface area contributed by atoms with Gasteiger partial charge in [-0.25, -0.2) is 9.97 Å². The molecule has 4 heterocycles. The fourth-order valence-corrected chi connectivity index (χ4v) is 5.73. The summed E-state index contributed by atoms with van der Waals surface area (Å²) in [5, 5.41) is 3.22. The van der Waals surface area contributed by atoms with Crippen LogP contribution < -0.4 is 4.90 Å². The average molecular weight is 371 g/mol. The van der Waals surface area contributed by atoms with E-state index < -0.39 is 0 Å². The quantitative estimate of drug-likeness (QED) is 0.828. The first-order chi connectivity index (χ1) is 12.6. The summed E-state index contributed by atoms with van der Waals surface area (Å²) in [6.45, 7) is 5.64. The Bertz CT molecular complexity index is 845. The first-order valence-electron chi connectivity index (χ1n) is 9.91. The lowest BCUT2D eigenvalue weighted by atomic mass is 9.77. The van der Waals surface area contributed by atoms with Gasteiger partial charge in [-0.05, 0) is 56.4 Å². The predicted molar refractivity (Wildman–Crippen MR) is 105 cm³/mol. The number of rotatable bonds is 3. The molecule has 5 nitrogen and oxygen atoms in total. The zero-order valence-electron chi connectivity index (χ0n) is 15.4. The van der Waals surface area contributed by atoms with Gasteiger partial charge in [-0.1, -0.05) is 6.42 Å². The van der Waals surface area contributed by atoms with E-state index in [1.54, 1.807) is 11.3 Å². The zero-order valence-corrected chi connectivity index (χ0v) is 16.2. The van der Waals surface area contributed by atoms with E-state index in [1.165, 1.54) is 19.3 Å². The second kappa shape index (κ2) is 6.19. The van der Waals surface area contributed by atoms with Crippen molar-refractivity contribution >= 4 is 33.3 Å². The Balaban J connectivity index is 1.40. The molecule has 3 aliphatic rings. The van der Waals surface area contributed by atoms with Crippen molar-refractivity contribution in [2.24, 2.45) is 11.3 Å². The number of carbonyl (C=O) groups excluding carboxylic acids is 1. The van der Waals surface area contributed by atoms with Crippen LogP contribution >= 0.6 is 11.3 Å². The van der Waals surface area contributed by atoms with E-state index >= 15 is 0 Å². The molecule has 2 aromatic heterocycles. The Morgan fingerprint density at radius 1 is 1.23 bits per heavy atom. The first kappa shape index (κ1) is 16.5. The van der Waals surface area contributed by atoms with Crippen molar-refractivity contribution in [3.05, 3.63) is 17.3 Å². The minimum Gasteiger partial charge on any atom is -0.355 e. The van der Waals surface area contributed by atoms with Crippen molar-refractivity contribution in [2.75, 3.05) is 31.1 Å². The molecule has 3 fully saturated rings. The van der Waals surface area contributed by atoms with Crippen molar-refractivity contribution < 1.29 is 4.79 Å². The lowest BCUT2D eigenvalue weighted by molar-refractivity contribution is -0.146. The Labute approximate surface area is 158 Å². The van der Waals surface area contributed by atoms with E-state index in [9.17, 15) is 4.79 Å². The molecule has 1 aliphatic carbocycles. The number of nitrogens with zero attached hydrogens (tertiary/aromatic N) is 4. The minimum absolute atomic E-state index is 0.191. The largest absolute Gasteiger partial charge is 0.355 e. The number of fused-ring (bicyclic) bond motifs is 1. The van der Waals surface area contributed by atoms with E-state index in [1.807, 2.05) is 6.92 Å². The van der Waals surface area contributed by atoms with Crippen LogP contribution in [0, 0.1) is 18.3 Å². The molecule has 0 radical (unpaired) electrons. The topological polar surface area (TPSA) is 49.3 Å². The van der Waals surface area contributed by atoms with E-state index in [0.29, 0.717) is 5.91 Å². The molecular weight excluding hydrogens is 344 g/mol. The molecule has 0 bridgehead atoms. The maximum absolute atomic E-state index is 13.4. The fourth-order valence-electron chi connectivity index (χ4n) is 4.93. The second-order valence-corrected chi connectivity index (χ2v) is 9.23. The van der Waals surface area contributed by atoms with Crippen LogP contribution in [0.5, 0.6) is 0 Å². The monoisotopic (exact) mass is 370 g/mol. The molecule has 6 heteroatoms. The molecule has 0 N–H and O–H groups in total. The van der Waals surface area contributed by atoms with Gasteiger partial charge in [0, 0.05) is 26.2 Å². The molecule has 26 heavy (non-hydrogen) atoms. The van der Waals surface area contributed by atoms with Crippen LogP contribution in [0.15, 0.2) is 11.4 Å². The summed E-state index contributed by atoms with van der Waals surface area (Å²) >= 11 is 1.67. The number of hydrogen-bond donors (Lipinski definition) is 0. The summed E-state index contributed by atoms with van der Waals surface area (Å²) in [7, 11) is 0. The average Bonchev–Trinajstić information content (AvgIpc) is 3.21. The van der Waals surface area contributed by atoms with Gasteiger partial charge in [0.2, 0.25) is 5.91 Å². The minimum atomic E-state index is -0.191. The van der Waals surface area contributed by atoms with Gasteiger partial charge < -0.3 is 9.80 Å². The fraction of sp³-hybridized carbons (Fsp3) is 0.650. The number of thiophene rings is 1. The van der Waals surface area contributed by atoms with Crippen molar-refractivity contribution in [2.45, 2.75) is 45.4 Å². The number of amides is 1. The van der Waals surface area contributed by atoms with Gasteiger partial charge in [0.1, 0.15) is 16.5 Å². The molecule has 138 valence electrons. The Kier molecular flexibility index (Phi) is 3.92. The summed E-state index contributed by atoms with van der Waals surface area (Å²) < 4.78 is 0. The van der Waals surface area contributed by atoms with Crippen molar-refractivity contribution in [3.63, 3.8) is 0 Å². The molecule has 5 rings (SSSR count). The lowest BCUT2D eigenvalue weighted by Gasteiger charge is -2.42. The normalized spacial score (nSPS) is 26.9. The van der Waals surface area contributed by atoms with Crippen molar-refractivity contribution in [1.82, 2.24) is 14.9 Å². The SMILES string of the molecule is Cc1nc(N2CC[C@]3(CCCN(CC4CCC4)C3=O)C2)c2ccsc2n1. The molecule has 1 spiro atoms. The van der Waals surface area contributed by atoms with Gasteiger partial charge in [-0.3, -0.25) is 4.79 Å². The molecule has 1 amide bonds. The Hall–Kier alpha value is -1.69. The Morgan fingerprint density at radius 3 is 2.92 bits per heavy atom. The molecule has 2 saturated heterocycles. The smallest absolute Gasteiger partial charge is 0.230 e. The van der Waals surface area contributed by atoms with Crippen molar-refractivity contribution in [3.8, 4) is 0 Å². The van der Waals surface area contributed by atoms with Gasteiger partial charge in [0.15, 0.2) is 0 Å². The highest BCUT2D eigenvalue weighted by molar-refractivity contribution is 7.16. The molecule has 2 aromatic rings.